The van der Waals surface area contributed by atoms with Crippen molar-refractivity contribution in [2.75, 3.05) is 24.9 Å². The molecule has 0 radical (unpaired) electrons. The molecule has 0 spiro atoms. The molecule has 3 aromatic rings. The zero-order valence-corrected chi connectivity index (χ0v) is 17.2. The van der Waals surface area contributed by atoms with E-state index in [1.54, 1.807) is 24.4 Å². The summed E-state index contributed by atoms with van der Waals surface area (Å²) in [4.78, 5) is 29.9. The third kappa shape index (κ3) is 5.00. The number of carbonyl (C=O) groups is 2. The van der Waals surface area contributed by atoms with Crippen LogP contribution in [-0.2, 0) is 0 Å². The third-order valence-corrected chi connectivity index (χ3v) is 4.45. The van der Waals surface area contributed by atoms with E-state index in [1.807, 2.05) is 20.0 Å². The summed E-state index contributed by atoms with van der Waals surface area (Å²) in [5.41, 5.74) is 2.13. The molecule has 2 N–H and O–H groups in total. The lowest BCUT2D eigenvalue weighted by Gasteiger charge is -2.16. The van der Waals surface area contributed by atoms with Crippen molar-refractivity contribution in [2.45, 2.75) is 0 Å². The van der Waals surface area contributed by atoms with E-state index < -0.39 is 11.8 Å². The van der Waals surface area contributed by atoms with Gasteiger partial charge in [0.15, 0.2) is 11.5 Å². The van der Waals surface area contributed by atoms with Gasteiger partial charge < -0.3 is 20.1 Å². The van der Waals surface area contributed by atoms with E-state index in [0.29, 0.717) is 28.4 Å². The number of hydrogen-bond donors (Lipinski definition) is 2. The number of rotatable bonds is 6. The van der Waals surface area contributed by atoms with Crippen molar-refractivity contribution in [1.29, 1.82) is 5.26 Å². The van der Waals surface area contributed by atoms with Crippen LogP contribution in [0.5, 0.6) is 11.5 Å². The van der Waals surface area contributed by atoms with Gasteiger partial charge in [-0.2, -0.15) is 5.26 Å². The van der Waals surface area contributed by atoms with Gasteiger partial charge in [-0.1, -0.05) is 11.5 Å². The van der Waals surface area contributed by atoms with Crippen LogP contribution in [0, 0.1) is 11.3 Å². The summed E-state index contributed by atoms with van der Waals surface area (Å²) >= 11 is 0. The van der Waals surface area contributed by atoms with E-state index in [2.05, 4.69) is 15.6 Å². The van der Waals surface area contributed by atoms with E-state index in [0.717, 1.165) is 5.46 Å². The molecule has 0 unspecified atom stereocenters. The van der Waals surface area contributed by atoms with Crippen molar-refractivity contribution in [3.05, 3.63) is 71.4 Å². The average Bonchev–Trinajstić information content (AvgIpc) is 2.80. The van der Waals surface area contributed by atoms with Gasteiger partial charge in [0, 0.05) is 17.8 Å². The van der Waals surface area contributed by atoms with Crippen LogP contribution < -0.4 is 25.6 Å². The minimum absolute atomic E-state index is 0.169. The molecule has 3 rings (SSSR count). The van der Waals surface area contributed by atoms with Crippen LogP contribution in [0.2, 0.25) is 0 Å². The first-order valence-corrected chi connectivity index (χ1v) is 9.26. The molecule has 2 amide bonds. The number of nitrogens with zero attached hydrogens (tertiary/aromatic N) is 2. The lowest BCUT2D eigenvalue weighted by Crippen LogP contribution is -2.19. The second kappa shape index (κ2) is 9.46. The molecule has 0 aliphatic heterocycles. The molecule has 0 fully saturated rings. The van der Waals surface area contributed by atoms with Crippen molar-refractivity contribution in [2.24, 2.45) is 0 Å². The van der Waals surface area contributed by atoms with Crippen molar-refractivity contribution in [3.8, 4) is 17.6 Å². The minimum Gasteiger partial charge on any atom is -0.493 e. The normalized spacial score (nSPS) is 9.97. The highest BCUT2D eigenvalue weighted by Crippen LogP contribution is 2.34. The van der Waals surface area contributed by atoms with E-state index in [-0.39, 0.29) is 11.3 Å². The second-order valence-electron chi connectivity index (χ2n) is 6.57. The number of ether oxygens (including phenoxy) is 2. The number of benzene rings is 2. The van der Waals surface area contributed by atoms with Crippen LogP contribution in [0.3, 0.4) is 0 Å². The van der Waals surface area contributed by atoms with Gasteiger partial charge in [-0.3, -0.25) is 9.59 Å². The molecule has 9 heteroatoms. The van der Waals surface area contributed by atoms with Crippen LogP contribution >= 0.6 is 0 Å². The van der Waals surface area contributed by atoms with E-state index in [4.69, 9.17) is 14.7 Å². The summed E-state index contributed by atoms with van der Waals surface area (Å²) < 4.78 is 10.6. The third-order valence-electron chi connectivity index (χ3n) is 4.45. The van der Waals surface area contributed by atoms with Crippen LogP contribution in [0.25, 0.3) is 0 Å². The highest BCUT2D eigenvalue weighted by Gasteiger charge is 2.20. The Kier molecular flexibility index (Phi) is 6.53. The summed E-state index contributed by atoms with van der Waals surface area (Å²) in [6.45, 7) is 0. The lowest BCUT2D eigenvalue weighted by atomic mass is 9.99. The summed E-state index contributed by atoms with van der Waals surface area (Å²) in [5, 5.41) is 14.4. The maximum absolute atomic E-state index is 13.0. The Morgan fingerprint density at radius 1 is 0.968 bits per heavy atom. The predicted octanol–water partition coefficient (Wildman–Crippen LogP) is 1.73. The smallest absolute Gasteiger partial charge is 0.259 e. The summed E-state index contributed by atoms with van der Waals surface area (Å²) in [6.07, 6.45) is 1.64. The Morgan fingerprint density at radius 3 is 2.23 bits per heavy atom. The van der Waals surface area contributed by atoms with Gasteiger partial charge in [-0.05, 0) is 36.4 Å². The Labute approximate surface area is 180 Å². The molecule has 8 nitrogen and oxygen atoms in total. The van der Waals surface area contributed by atoms with Gasteiger partial charge in [0.2, 0.25) is 0 Å². The lowest BCUT2D eigenvalue weighted by molar-refractivity contribution is 0.102. The largest absolute Gasteiger partial charge is 0.493 e. The van der Waals surface area contributed by atoms with Gasteiger partial charge in [0.25, 0.3) is 11.8 Å². The number of anilines is 2. The molecular formula is C22H19BN4O4. The zero-order valence-electron chi connectivity index (χ0n) is 17.2. The first-order valence-electron chi connectivity index (χ1n) is 9.26. The first-order chi connectivity index (χ1) is 14.9. The molecule has 154 valence electrons. The first kappa shape index (κ1) is 21.4. The Bertz CT molecular complexity index is 1160. The molecule has 0 saturated heterocycles. The fourth-order valence-corrected chi connectivity index (χ4v) is 2.79. The number of amides is 2. The van der Waals surface area contributed by atoms with Crippen molar-refractivity contribution in [1.82, 2.24) is 4.98 Å². The van der Waals surface area contributed by atoms with Crippen LogP contribution in [0.4, 0.5) is 11.5 Å². The van der Waals surface area contributed by atoms with E-state index >= 15 is 0 Å². The molecule has 0 aliphatic carbocycles. The average molecular weight is 414 g/mol. The molecule has 1 aromatic heterocycles. The van der Waals surface area contributed by atoms with Gasteiger partial charge >= 0.3 is 0 Å². The molecule has 31 heavy (non-hydrogen) atoms. The zero-order chi connectivity index (χ0) is 22.4. The standard InChI is InChI=1S/C22H19BN4O4/c1-30-18-9-16(22(29)27-20-8-7-15(23)12-25-20)17(10-19(18)31-2)26-21(28)14-5-3-13(11-24)4-6-14/h3-10,12H,23H2,1-2H3,(H,26,28)(H,25,27,29). The van der Waals surface area contributed by atoms with Crippen molar-refractivity contribution < 1.29 is 19.1 Å². The monoisotopic (exact) mass is 414 g/mol. The van der Waals surface area contributed by atoms with E-state index in [9.17, 15) is 9.59 Å². The van der Waals surface area contributed by atoms with Gasteiger partial charge in [-0.25, -0.2) is 4.98 Å². The van der Waals surface area contributed by atoms with Crippen LogP contribution in [0.15, 0.2) is 54.7 Å². The maximum atomic E-state index is 13.0. The molecule has 1 heterocycles. The summed E-state index contributed by atoms with van der Waals surface area (Å²) in [6, 6.07) is 14.7. The molecule has 0 bridgehead atoms. The summed E-state index contributed by atoms with van der Waals surface area (Å²) in [7, 11) is 4.81. The second-order valence-corrected chi connectivity index (χ2v) is 6.57. The van der Waals surface area contributed by atoms with Gasteiger partial charge in [-0.15, -0.1) is 0 Å². The molecular weight excluding hydrogens is 395 g/mol. The van der Waals surface area contributed by atoms with Crippen molar-refractivity contribution >= 4 is 36.6 Å². The fraction of sp³-hybridized carbons (Fsp3) is 0.0909. The number of nitrogens with one attached hydrogen (secondary N) is 2. The summed E-state index contributed by atoms with van der Waals surface area (Å²) in [5.74, 6) is 0.130. The highest BCUT2D eigenvalue weighted by atomic mass is 16.5. The van der Waals surface area contributed by atoms with E-state index in [1.165, 1.54) is 38.5 Å². The van der Waals surface area contributed by atoms with Crippen LogP contribution in [-0.4, -0.2) is 38.9 Å². The highest BCUT2D eigenvalue weighted by molar-refractivity contribution is 6.32. The SMILES string of the molecule is Bc1ccc(NC(=O)c2cc(OC)c(OC)cc2NC(=O)c2ccc(C#N)cc2)nc1. The number of methoxy groups -OCH3 is 2. The number of hydrogen-bond acceptors (Lipinski definition) is 6. The minimum atomic E-state index is -0.479. The van der Waals surface area contributed by atoms with Crippen LogP contribution in [0.1, 0.15) is 26.3 Å². The number of carbonyl (C=O) groups excluding carboxylic acids is 2. The number of pyridine rings is 1. The number of nitriles is 1. The maximum Gasteiger partial charge on any atom is 0.259 e. The van der Waals surface area contributed by atoms with Crippen molar-refractivity contribution in [3.63, 3.8) is 0 Å². The fourth-order valence-electron chi connectivity index (χ4n) is 2.79. The topological polar surface area (TPSA) is 113 Å². The Balaban J connectivity index is 1.94. The van der Waals surface area contributed by atoms with Gasteiger partial charge in [0.05, 0.1) is 37.1 Å². The quantitative estimate of drug-likeness (QED) is 0.594. The molecule has 2 aromatic carbocycles. The number of aromatic nitrogens is 1. The Hall–Kier alpha value is -4.32. The molecule has 0 aliphatic rings. The molecule has 0 saturated carbocycles. The molecule has 0 atom stereocenters. The predicted molar refractivity (Wildman–Crippen MR) is 119 cm³/mol. The van der Waals surface area contributed by atoms with Gasteiger partial charge in [0.1, 0.15) is 13.7 Å². The Morgan fingerprint density at radius 2 is 1.65 bits per heavy atom.